The van der Waals surface area contributed by atoms with Crippen molar-refractivity contribution in [3.8, 4) is 0 Å². The summed E-state index contributed by atoms with van der Waals surface area (Å²) in [5, 5.41) is 1.88. The van der Waals surface area contributed by atoms with E-state index in [0.717, 1.165) is 5.52 Å². The first kappa shape index (κ1) is 13.5. The van der Waals surface area contributed by atoms with Crippen LogP contribution in [-0.4, -0.2) is 35.3 Å². The maximum atomic E-state index is 11.7. The molecule has 2 N–H and O–H groups in total. The number of H-pyrrole nitrogens is 1. The number of sulfone groups is 1. The van der Waals surface area contributed by atoms with Gasteiger partial charge in [-0.2, -0.15) is 0 Å². The Hall–Kier alpha value is -1.89. The van der Waals surface area contributed by atoms with Gasteiger partial charge in [-0.3, -0.25) is 10.1 Å². The molecule has 1 aromatic heterocycles. The number of benzene rings is 1. The van der Waals surface area contributed by atoms with E-state index in [1.165, 1.54) is 0 Å². The van der Waals surface area contributed by atoms with Crippen LogP contribution >= 0.6 is 0 Å². The fourth-order valence-corrected chi connectivity index (χ4v) is 2.30. The first-order chi connectivity index (χ1) is 8.88. The molecule has 0 saturated carbocycles. The molecule has 0 fully saturated rings. The number of aromatic amines is 1. The van der Waals surface area contributed by atoms with Crippen molar-refractivity contribution in [2.75, 3.05) is 11.1 Å². The standard InChI is InChI=1S/C12H15N3O3S/c1-8(2)19(17,18)7-11(16)15-12-13-9-5-3-4-6-10(9)14-12/h3-6,8H,7H2,1-2H3,(H2,13,14,15,16). The summed E-state index contributed by atoms with van der Waals surface area (Å²) in [6.45, 7) is 3.09. The average Bonchev–Trinajstić information content (AvgIpc) is 2.69. The van der Waals surface area contributed by atoms with Gasteiger partial charge in [0.1, 0.15) is 5.75 Å². The van der Waals surface area contributed by atoms with Gasteiger partial charge < -0.3 is 4.98 Å². The Balaban J connectivity index is 2.11. The smallest absolute Gasteiger partial charge is 0.241 e. The second-order valence-corrected chi connectivity index (χ2v) is 7.06. The van der Waals surface area contributed by atoms with Crippen molar-refractivity contribution in [2.24, 2.45) is 0 Å². The van der Waals surface area contributed by atoms with Gasteiger partial charge in [0.15, 0.2) is 9.84 Å². The van der Waals surface area contributed by atoms with E-state index in [1.54, 1.807) is 19.9 Å². The van der Waals surface area contributed by atoms with Crippen LogP contribution in [0.1, 0.15) is 13.8 Å². The number of carbonyl (C=O) groups is 1. The zero-order valence-electron chi connectivity index (χ0n) is 10.7. The first-order valence-corrected chi connectivity index (χ1v) is 7.56. The SMILES string of the molecule is CC(C)S(=O)(=O)CC(=O)Nc1nc2ccccc2[nH]1. The highest BCUT2D eigenvalue weighted by atomic mass is 32.2. The number of imidazole rings is 1. The van der Waals surface area contributed by atoms with Gasteiger partial charge in [-0.15, -0.1) is 0 Å². The monoisotopic (exact) mass is 281 g/mol. The number of nitrogens with one attached hydrogen (secondary N) is 2. The molecule has 0 saturated heterocycles. The molecule has 0 bridgehead atoms. The van der Waals surface area contributed by atoms with Crippen LogP contribution in [0.4, 0.5) is 5.95 Å². The number of para-hydroxylation sites is 2. The van der Waals surface area contributed by atoms with Crippen LogP contribution in [0.5, 0.6) is 0 Å². The minimum Gasteiger partial charge on any atom is -0.324 e. The van der Waals surface area contributed by atoms with E-state index >= 15 is 0 Å². The lowest BCUT2D eigenvalue weighted by molar-refractivity contribution is -0.113. The summed E-state index contributed by atoms with van der Waals surface area (Å²) < 4.78 is 23.2. The van der Waals surface area contributed by atoms with E-state index in [1.807, 2.05) is 18.2 Å². The number of hydrogen-bond acceptors (Lipinski definition) is 4. The van der Waals surface area contributed by atoms with Crippen molar-refractivity contribution < 1.29 is 13.2 Å². The number of hydrogen-bond donors (Lipinski definition) is 2. The van der Waals surface area contributed by atoms with Crippen molar-refractivity contribution in [3.63, 3.8) is 0 Å². The Morgan fingerprint density at radius 2 is 2.05 bits per heavy atom. The molecule has 0 spiro atoms. The molecule has 0 atom stereocenters. The molecule has 0 aliphatic heterocycles. The molecular formula is C12H15N3O3S. The molecule has 6 nitrogen and oxygen atoms in total. The van der Waals surface area contributed by atoms with Gasteiger partial charge in [0, 0.05) is 0 Å². The lowest BCUT2D eigenvalue weighted by Crippen LogP contribution is -2.28. The van der Waals surface area contributed by atoms with Crippen LogP contribution in [-0.2, 0) is 14.6 Å². The molecule has 1 heterocycles. The Kier molecular flexibility index (Phi) is 3.57. The maximum absolute atomic E-state index is 11.7. The summed E-state index contributed by atoms with van der Waals surface area (Å²) in [5.74, 6) is -0.875. The fraction of sp³-hybridized carbons (Fsp3) is 0.333. The van der Waals surface area contributed by atoms with Crippen LogP contribution in [0, 0.1) is 0 Å². The maximum Gasteiger partial charge on any atom is 0.241 e. The third-order valence-electron chi connectivity index (χ3n) is 2.70. The molecule has 1 aromatic carbocycles. The summed E-state index contributed by atoms with van der Waals surface area (Å²) in [5.41, 5.74) is 1.49. The summed E-state index contributed by atoms with van der Waals surface area (Å²) in [7, 11) is -3.40. The molecule has 102 valence electrons. The fourth-order valence-electron chi connectivity index (χ4n) is 1.53. The quantitative estimate of drug-likeness (QED) is 0.884. The van der Waals surface area contributed by atoms with Crippen molar-refractivity contribution in [1.82, 2.24) is 9.97 Å². The summed E-state index contributed by atoms with van der Waals surface area (Å²) in [6.07, 6.45) is 0. The number of nitrogens with zero attached hydrogens (tertiary/aromatic N) is 1. The molecule has 2 rings (SSSR count). The van der Waals surface area contributed by atoms with Gasteiger partial charge in [0.05, 0.1) is 16.3 Å². The van der Waals surface area contributed by atoms with Gasteiger partial charge in [0.25, 0.3) is 0 Å². The Morgan fingerprint density at radius 1 is 1.37 bits per heavy atom. The molecule has 0 aliphatic carbocycles. The molecule has 0 aliphatic rings. The summed E-state index contributed by atoms with van der Waals surface area (Å²) in [4.78, 5) is 18.7. The molecule has 1 amide bonds. The molecule has 2 aromatic rings. The molecule has 0 radical (unpaired) electrons. The van der Waals surface area contributed by atoms with E-state index in [9.17, 15) is 13.2 Å². The highest BCUT2D eigenvalue weighted by Gasteiger charge is 2.21. The van der Waals surface area contributed by atoms with Crippen LogP contribution in [0.15, 0.2) is 24.3 Å². The molecular weight excluding hydrogens is 266 g/mol. The van der Waals surface area contributed by atoms with Crippen molar-refractivity contribution >= 4 is 32.7 Å². The van der Waals surface area contributed by atoms with E-state index in [2.05, 4.69) is 15.3 Å². The highest BCUT2D eigenvalue weighted by Crippen LogP contribution is 2.13. The lowest BCUT2D eigenvalue weighted by atomic mass is 10.3. The summed E-state index contributed by atoms with van der Waals surface area (Å²) >= 11 is 0. The van der Waals surface area contributed by atoms with Gasteiger partial charge in [0.2, 0.25) is 11.9 Å². The number of rotatable bonds is 4. The number of fused-ring (bicyclic) bond motifs is 1. The lowest BCUT2D eigenvalue weighted by Gasteiger charge is -2.06. The number of amides is 1. The minimum absolute atomic E-state index is 0.255. The molecule has 0 unspecified atom stereocenters. The molecule has 19 heavy (non-hydrogen) atoms. The first-order valence-electron chi connectivity index (χ1n) is 5.84. The van der Waals surface area contributed by atoms with E-state index in [0.29, 0.717) is 5.52 Å². The van der Waals surface area contributed by atoms with Gasteiger partial charge in [-0.25, -0.2) is 13.4 Å². The second kappa shape index (κ2) is 5.00. The molecule has 7 heteroatoms. The Bertz CT molecular complexity index is 671. The number of carbonyl (C=O) groups excluding carboxylic acids is 1. The summed E-state index contributed by atoms with van der Waals surface area (Å²) in [6, 6.07) is 7.29. The predicted octanol–water partition coefficient (Wildman–Crippen LogP) is 1.32. The normalized spacial score (nSPS) is 11.9. The minimum atomic E-state index is -3.40. The second-order valence-electron chi connectivity index (χ2n) is 4.51. The zero-order valence-corrected chi connectivity index (χ0v) is 11.5. The Labute approximate surface area is 111 Å². The zero-order chi connectivity index (χ0) is 14.0. The van der Waals surface area contributed by atoms with E-state index in [-0.39, 0.29) is 5.95 Å². The van der Waals surface area contributed by atoms with Gasteiger partial charge in [-0.1, -0.05) is 12.1 Å². The largest absolute Gasteiger partial charge is 0.324 e. The van der Waals surface area contributed by atoms with Crippen LogP contribution < -0.4 is 5.32 Å². The number of aromatic nitrogens is 2. The third kappa shape index (κ3) is 3.11. The van der Waals surface area contributed by atoms with Crippen molar-refractivity contribution in [1.29, 1.82) is 0 Å². The third-order valence-corrected chi connectivity index (χ3v) is 4.80. The van der Waals surface area contributed by atoms with Crippen LogP contribution in [0.2, 0.25) is 0 Å². The number of anilines is 1. The van der Waals surface area contributed by atoms with Crippen LogP contribution in [0.3, 0.4) is 0 Å². The Morgan fingerprint density at radius 3 is 2.68 bits per heavy atom. The van der Waals surface area contributed by atoms with Crippen molar-refractivity contribution in [2.45, 2.75) is 19.1 Å². The predicted molar refractivity (Wildman–Crippen MR) is 73.6 cm³/mol. The van der Waals surface area contributed by atoms with E-state index in [4.69, 9.17) is 0 Å². The van der Waals surface area contributed by atoms with Crippen molar-refractivity contribution in [3.05, 3.63) is 24.3 Å². The average molecular weight is 281 g/mol. The highest BCUT2D eigenvalue weighted by molar-refractivity contribution is 7.92. The van der Waals surface area contributed by atoms with Gasteiger partial charge >= 0.3 is 0 Å². The van der Waals surface area contributed by atoms with Gasteiger partial charge in [-0.05, 0) is 26.0 Å². The van der Waals surface area contributed by atoms with E-state index < -0.39 is 26.7 Å². The van der Waals surface area contributed by atoms with Crippen LogP contribution in [0.25, 0.3) is 11.0 Å². The topological polar surface area (TPSA) is 91.9 Å².